The molecule has 6 nitrogen and oxygen atoms in total. The maximum Gasteiger partial charge on any atom is 0.300 e. The average molecular weight is 472 g/mol. The number of hydrogen-bond acceptors (Lipinski definition) is 5. The zero-order valence-corrected chi connectivity index (χ0v) is 20.4. The molecule has 3 aromatic carbocycles. The number of aryl methyl sites for hydroxylation is 2. The van der Waals surface area contributed by atoms with Crippen LogP contribution in [0.5, 0.6) is 11.5 Å². The summed E-state index contributed by atoms with van der Waals surface area (Å²) in [5.74, 6) is -0.603. The molecule has 1 N–H and O–H groups in total. The SMILES string of the molecule is CCOc1ccc(C2/C(=C(/O)c3ccc(CC)cc3)C(=O)C(=O)N2c2cccc(C)c2)cc1OC. The average Bonchev–Trinajstić information content (AvgIpc) is 3.14. The van der Waals surface area contributed by atoms with Crippen LogP contribution in [0.2, 0.25) is 0 Å². The quantitative estimate of drug-likeness (QED) is 0.276. The van der Waals surface area contributed by atoms with Crippen LogP contribution in [0.3, 0.4) is 0 Å². The van der Waals surface area contributed by atoms with Gasteiger partial charge in [0.15, 0.2) is 11.5 Å². The van der Waals surface area contributed by atoms with Gasteiger partial charge in [-0.05, 0) is 61.2 Å². The maximum atomic E-state index is 13.4. The molecule has 0 aromatic heterocycles. The Hall–Kier alpha value is -4.06. The largest absolute Gasteiger partial charge is 0.507 e. The van der Waals surface area contributed by atoms with E-state index in [1.165, 1.54) is 12.0 Å². The highest BCUT2D eigenvalue weighted by molar-refractivity contribution is 6.51. The van der Waals surface area contributed by atoms with Gasteiger partial charge in [0.1, 0.15) is 5.76 Å². The first kappa shape index (κ1) is 24.1. The number of Topliss-reactive ketones (excluding diaryl/α,β-unsaturated/α-hetero) is 1. The van der Waals surface area contributed by atoms with E-state index >= 15 is 0 Å². The van der Waals surface area contributed by atoms with Gasteiger partial charge in [-0.1, -0.05) is 49.4 Å². The number of nitrogens with zero attached hydrogens (tertiary/aromatic N) is 1. The van der Waals surface area contributed by atoms with Gasteiger partial charge >= 0.3 is 0 Å². The summed E-state index contributed by atoms with van der Waals surface area (Å²) in [4.78, 5) is 28.1. The second-order valence-corrected chi connectivity index (χ2v) is 8.40. The molecule has 0 saturated carbocycles. The minimum Gasteiger partial charge on any atom is -0.507 e. The lowest BCUT2D eigenvalue weighted by molar-refractivity contribution is -0.132. The molecular weight excluding hydrogens is 442 g/mol. The van der Waals surface area contributed by atoms with E-state index in [2.05, 4.69) is 0 Å². The van der Waals surface area contributed by atoms with Crippen molar-refractivity contribution >= 4 is 23.1 Å². The van der Waals surface area contributed by atoms with Gasteiger partial charge < -0.3 is 14.6 Å². The van der Waals surface area contributed by atoms with E-state index in [4.69, 9.17) is 9.47 Å². The van der Waals surface area contributed by atoms with Crippen LogP contribution in [0, 0.1) is 6.92 Å². The van der Waals surface area contributed by atoms with E-state index in [-0.39, 0.29) is 11.3 Å². The van der Waals surface area contributed by atoms with E-state index in [0.29, 0.717) is 34.9 Å². The fourth-order valence-corrected chi connectivity index (χ4v) is 4.37. The number of hydrogen-bond donors (Lipinski definition) is 1. The number of benzene rings is 3. The number of carbonyl (C=O) groups excluding carboxylic acids is 2. The molecule has 1 heterocycles. The standard InChI is InChI=1S/C29H29NO5/c1-5-19-10-12-20(13-11-19)27(31)25-26(21-14-15-23(35-6-2)24(17-21)34-4)30(29(33)28(25)32)22-9-7-8-18(3)16-22/h7-17,26,31H,5-6H2,1-4H3/b27-25-. The summed E-state index contributed by atoms with van der Waals surface area (Å²) >= 11 is 0. The third-order valence-electron chi connectivity index (χ3n) is 6.16. The first-order valence-corrected chi connectivity index (χ1v) is 11.7. The molecule has 0 aliphatic carbocycles. The highest BCUT2D eigenvalue weighted by Gasteiger charge is 2.47. The maximum absolute atomic E-state index is 13.4. The highest BCUT2D eigenvalue weighted by Crippen LogP contribution is 2.44. The molecule has 0 spiro atoms. The van der Waals surface area contributed by atoms with Crippen LogP contribution in [0.1, 0.15) is 42.1 Å². The zero-order valence-electron chi connectivity index (χ0n) is 20.4. The third kappa shape index (κ3) is 4.52. The van der Waals surface area contributed by atoms with Gasteiger partial charge in [-0.25, -0.2) is 0 Å². The normalized spacial score (nSPS) is 17.0. The van der Waals surface area contributed by atoms with Crippen LogP contribution in [-0.2, 0) is 16.0 Å². The summed E-state index contributed by atoms with van der Waals surface area (Å²) < 4.78 is 11.2. The van der Waals surface area contributed by atoms with Crippen LogP contribution in [0.15, 0.2) is 72.3 Å². The molecule has 35 heavy (non-hydrogen) atoms. The molecule has 0 radical (unpaired) electrons. The van der Waals surface area contributed by atoms with E-state index in [9.17, 15) is 14.7 Å². The van der Waals surface area contributed by atoms with Crippen molar-refractivity contribution in [1.29, 1.82) is 0 Å². The molecule has 1 aliphatic rings. The summed E-state index contributed by atoms with van der Waals surface area (Å²) in [6, 6.07) is 19.2. The van der Waals surface area contributed by atoms with Crippen molar-refractivity contribution in [3.05, 3.63) is 94.6 Å². The van der Waals surface area contributed by atoms with Gasteiger partial charge in [0.25, 0.3) is 11.7 Å². The summed E-state index contributed by atoms with van der Waals surface area (Å²) in [5.41, 5.74) is 3.76. The molecule has 1 aliphatic heterocycles. The van der Waals surface area contributed by atoms with Crippen LogP contribution in [-0.4, -0.2) is 30.5 Å². The summed E-state index contributed by atoms with van der Waals surface area (Å²) in [5, 5.41) is 11.3. The van der Waals surface area contributed by atoms with E-state index in [1.54, 1.807) is 36.4 Å². The predicted molar refractivity (Wildman–Crippen MR) is 136 cm³/mol. The number of aliphatic hydroxyl groups is 1. The monoisotopic (exact) mass is 471 g/mol. The number of aliphatic hydroxyl groups excluding tert-OH is 1. The Bertz CT molecular complexity index is 1290. The van der Waals surface area contributed by atoms with Crippen LogP contribution in [0.4, 0.5) is 5.69 Å². The molecule has 4 rings (SSSR count). The minimum absolute atomic E-state index is 0.0342. The van der Waals surface area contributed by atoms with Crippen LogP contribution < -0.4 is 14.4 Å². The summed E-state index contributed by atoms with van der Waals surface area (Å²) in [7, 11) is 1.54. The topological polar surface area (TPSA) is 76.1 Å². The number of rotatable bonds is 7. The Kier molecular flexibility index (Phi) is 6.92. The first-order chi connectivity index (χ1) is 16.9. The number of carbonyl (C=O) groups is 2. The Morgan fingerprint density at radius 2 is 1.71 bits per heavy atom. The number of methoxy groups -OCH3 is 1. The van der Waals surface area contributed by atoms with Crippen molar-refractivity contribution in [3.63, 3.8) is 0 Å². The van der Waals surface area contributed by atoms with Crippen molar-refractivity contribution in [3.8, 4) is 11.5 Å². The molecule has 3 aromatic rings. The number of anilines is 1. The van der Waals surface area contributed by atoms with Crippen molar-refractivity contribution in [2.75, 3.05) is 18.6 Å². The number of ether oxygens (including phenoxy) is 2. The Balaban J connectivity index is 1.94. The first-order valence-electron chi connectivity index (χ1n) is 11.7. The van der Waals surface area contributed by atoms with Crippen molar-refractivity contribution in [2.45, 2.75) is 33.2 Å². The molecule has 1 saturated heterocycles. The molecule has 1 fully saturated rings. The van der Waals surface area contributed by atoms with Crippen LogP contribution >= 0.6 is 0 Å². The zero-order chi connectivity index (χ0) is 25.1. The molecule has 180 valence electrons. The van der Waals surface area contributed by atoms with Crippen molar-refractivity contribution in [1.82, 2.24) is 0 Å². The van der Waals surface area contributed by atoms with Gasteiger partial charge in [0.05, 0.1) is 25.3 Å². The van der Waals surface area contributed by atoms with E-state index < -0.39 is 17.7 Å². The Morgan fingerprint density at radius 1 is 0.971 bits per heavy atom. The Labute approximate surface area is 205 Å². The van der Waals surface area contributed by atoms with E-state index in [0.717, 1.165) is 17.5 Å². The van der Waals surface area contributed by atoms with Crippen molar-refractivity contribution in [2.24, 2.45) is 0 Å². The third-order valence-corrected chi connectivity index (χ3v) is 6.16. The fraction of sp³-hybridized carbons (Fsp3) is 0.241. The van der Waals surface area contributed by atoms with Crippen molar-refractivity contribution < 1.29 is 24.2 Å². The van der Waals surface area contributed by atoms with E-state index in [1.807, 2.05) is 51.1 Å². The van der Waals surface area contributed by atoms with Crippen LogP contribution in [0.25, 0.3) is 5.76 Å². The van der Waals surface area contributed by atoms with Gasteiger partial charge in [-0.2, -0.15) is 0 Å². The smallest absolute Gasteiger partial charge is 0.300 e. The summed E-state index contributed by atoms with van der Waals surface area (Å²) in [6.07, 6.45) is 0.852. The fourth-order valence-electron chi connectivity index (χ4n) is 4.37. The lowest BCUT2D eigenvalue weighted by Gasteiger charge is -2.26. The molecule has 1 amide bonds. The molecular formula is C29H29NO5. The second kappa shape index (κ2) is 10.1. The minimum atomic E-state index is -0.841. The number of ketones is 1. The molecule has 6 heteroatoms. The van der Waals surface area contributed by atoms with Gasteiger partial charge in [0, 0.05) is 11.3 Å². The number of amides is 1. The molecule has 0 bridgehead atoms. The predicted octanol–water partition coefficient (Wildman–Crippen LogP) is 5.59. The Morgan fingerprint density at radius 3 is 2.34 bits per heavy atom. The summed E-state index contributed by atoms with van der Waals surface area (Å²) in [6.45, 7) is 6.31. The van der Waals surface area contributed by atoms with Gasteiger partial charge in [-0.15, -0.1) is 0 Å². The van der Waals surface area contributed by atoms with Gasteiger partial charge in [0.2, 0.25) is 0 Å². The second-order valence-electron chi connectivity index (χ2n) is 8.40. The molecule has 1 atom stereocenters. The lowest BCUT2D eigenvalue weighted by atomic mass is 9.94. The lowest BCUT2D eigenvalue weighted by Crippen LogP contribution is -2.29. The van der Waals surface area contributed by atoms with Gasteiger partial charge in [-0.3, -0.25) is 14.5 Å². The molecule has 1 unspecified atom stereocenters. The highest BCUT2D eigenvalue weighted by atomic mass is 16.5.